The fraction of sp³-hybridized carbons (Fsp3) is 0.727. The average Bonchev–Trinajstić information content (AvgIpc) is 2.24. The molecule has 1 fully saturated rings. The number of carbonyl (C=O) groups is 3. The van der Waals surface area contributed by atoms with E-state index in [1.165, 1.54) is 4.90 Å². The molecule has 0 bridgehead atoms. The van der Waals surface area contributed by atoms with Gasteiger partial charge in [-0.15, -0.1) is 0 Å². The number of esters is 1. The molecule has 1 saturated heterocycles. The molecule has 0 radical (unpaired) electrons. The number of ketones is 1. The van der Waals surface area contributed by atoms with Gasteiger partial charge in [-0.1, -0.05) is 6.92 Å². The van der Waals surface area contributed by atoms with Crippen LogP contribution in [0.15, 0.2) is 0 Å². The molecule has 1 rings (SSSR count). The third kappa shape index (κ3) is 1.94. The molecule has 0 saturated carbocycles. The average molecular weight is 227 g/mol. The van der Waals surface area contributed by atoms with Crippen LogP contribution in [-0.2, 0) is 19.1 Å². The molecule has 1 aliphatic heterocycles. The van der Waals surface area contributed by atoms with Crippen LogP contribution in [-0.4, -0.2) is 42.3 Å². The summed E-state index contributed by atoms with van der Waals surface area (Å²) >= 11 is 0. The van der Waals surface area contributed by atoms with E-state index in [0.29, 0.717) is 0 Å². The number of carbonyl (C=O) groups excluding carboxylic acids is 3. The van der Waals surface area contributed by atoms with Crippen LogP contribution in [0.4, 0.5) is 0 Å². The summed E-state index contributed by atoms with van der Waals surface area (Å²) < 4.78 is 4.75. The first-order valence-electron chi connectivity index (χ1n) is 5.38. The third-order valence-electron chi connectivity index (χ3n) is 3.18. The molecule has 1 amide bonds. The largest absolute Gasteiger partial charge is 0.465 e. The summed E-state index contributed by atoms with van der Waals surface area (Å²) in [5.74, 6) is -3.14. The summed E-state index contributed by atoms with van der Waals surface area (Å²) in [5, 5.41) is 0. The van der Waals surface area contributed by atoms with Crippen molar-refractivity contribution in [3.63, 3.8) is 0 Å². The summed E-state index contributed by atoms with van der Waals surface area (Å²) in [6.07, 6.45) is 0. The van der Waals surface area contributed by atoms with Crippen molar-refractivity contribution >= 4 is 17.7 Å². The van der Waals surface area contributed by atoms with Gasteiger partial charge in [0.15, 0.2) is 11.7 Å². The Bertz CT molecular complexity index is 304. The van der Waals surface area contributed by atoms with Gasteiger partial charge in [0.25, 0.3) is 0 Å². The highest BCUT2D eigenvalue weighted by atomic mass is 16.5. The van der Waals surface area contributed by atoms with Crippen LogP contribution in [0.5, 0.6) is 0 Å². The Morgan fingerprint density at radius 3 is 2.44 bits per heavy atom. The zero-order chi connectivity index (χ0) is 12.5. The third-order valence-corrected chi connectivity index (χ3v) is 3.18. The summed E-state index contributed by atoms with van der Waals surface area (Å²) in [4.78, 5) is 36.6. The molecular formula is C11H17NO4. The second-order valence-corrected chi connectivity index (χ2v) is 4.07. The Labute approximate surface area is 94.7 Å². The summed E-state index contributed by atoms with van der Waals surface area (Å²) in [5.41, 5.74) is 0. The summed E-state index contributed by atoms with van der Waals surface area (Å²) in [6, 6.07) is -0.175. The molecule has 3 unspecified atom stereocenters. The minimum absolute atomic E-state index is 0.170. The highest BCUT2D eigenvalue weighted by Crippen LogP contribution is 2.24. The van der Waals surface area contributed by atoms with Crippen LogP contribution in [0.1, 0.15) is 20.8 Å². The zero-order valence-electron chi connectivity index (χ0n) is 10.0. The number of ether oxygens (including phenoxy) is 1. The highest BCUT2D eigenvalue weighted by molar-refractivity contribution is 6.18. The number of amides is 1. The van der Waals surface area contributed by atoms with Crippen molar-refractivity contribution in [2.75, 3.05) is 13.7 Å². The van der Waals surface area contributed by atoms with E-state index < -0.39 is 17.8 Å². The van der Waals surface area contributed by atoms with Gasteiger partial charge in [-0.2, -0.15) is 0 Å². The predicted octanol–water partition coefficient (Wildman–Crippen LogP) is 0.231. The quantitative estimate of drug-likeness (QED) is 0.500. The Balaban J connectivity index is 2.95. The number of piperidine rings is 1. The van der Waals surface area contributed by atoms with Gasteiger partial charge in [-0.25, -0.2) is 0 Å². The molecule has 0 aromatic carbocycles. The fourth-order valence-electron chi connectivity index (χ4n) is 1.80. The SMILES string of the molecule is CCOC(=O)C1C(=O)C(C)C(C)N(C)C1=O. The van der Waals surface area contributed by atoms with Crippen LogP contribution >= 0.6 is 0 Å². The van der Waals surface area contributed by atoms with Crippen molar-refractivity contribution < 1.29 is 19.1 Å². The van der Waals surface area contributed by atoms with E-state index in [0.717, 1.165) is 0 Å². The monoisotopic (exact) mass is 227 g/mol. The van der Waals surface area contributed by atoms with E-state index in [1.54, 1.807) is 27.8 Å². The van der Waals surface area contributed by atoms with E-state index in [-0.39, 0.29) is 24.3 Å². The Morgan fingerprint density at radius 1 is 1.38 bits per heavy atom. The first-order chi connectivity index (χ1) is 7.41. The Kier molecular flexibility index (Phi) is 3.67. The van der Waals surface area contributed by atoms with Crippen LogP contribution in [0, 0.1) is 11.8 Å². The molecule has 0 N–H and O–H groups in total. The first kappa shape index (κ1) is 12.7. The van der Waals surface area contributed by atoms with Crippen molar-refractivity contribution in [2.45, 2.75) is 26.8 Å². The number of nitrogens with zero attached hydrogens (tertiary/aromatic N) is 1. The zero-order valence-corrected chi connectivity index (χ0v) is 10.0. The maximum atomic E-state index is 11.9. The summed E-state index contributed by atoms with van der Waals surface area (Å²) in [6.45, 7) is 5.33. The van der Waals surface area contributed by atoms with E-state index in [9.17, 15) is 14.4 Å². The van der Waals surface area contributed by atoms with Gasteiger partial charge in [0.2, 0.25) is 5.91 Å². The molecular weight excluding hydrogens is 210 g/mol. The lowest BCUT2D eigenvalue weighted by molar-refractivity contribution is -0.164. The molecule has 5 nitrogen and oxygen atoms in total. The molecule has 1 heterocycles. The first-order valence-corrected chi connectivity index (χ1v) is 5.38. The Hall–Kier alpha value is -1.39. The number of rotatable bonds is 2. The lowest BCUT2D eigenvalue weighted by Gasteiger charge is -2.37. The standard InChI is InChI=1S/C11H17NO4/c1-5-16-11(15)8-9(13)6(2)7(3)12(4)10(8)14/h6-8H,5H2,1-4H3. The van der Waals surface area contributed by atoms with Crippen LogP contribution in [0.3, 0.4) is 0 Å². The van der Waals surface area contributed by atoms with Crippen LogP contribution in [0.25, 0.3) is 0 Å². The molecule has 0 aromatic rings. The van der Waals surface area contributed by atoms with Crippen LogP contribution in [0.2, 0.25) is 0 Å². The van der Waals surface area contributed by atoms with Gasteiger partial charge >= 0.3 is 5.97 Å². The molecule has 16 heavy (non-hydrogen) atoms. The topological polar surface area (TPSA) is 63.7 Å². The van der Waals surface area contributed by atoms with Gasteiger partial charge in [0.1, 0.15) is 0 Å². The molecule has 0 aliphatic carbocycles. The van der Waals surface area contributed by atoms with Gasteiger partial charge in [-0.05, 0) is 13.8 Å². The normalized spacial score (nSPS) is 30.5. The van der Waals surface area contributed by atoms with Gasteiger partial charge < -0.3 is 9.64 Å². The maximum Gasteiger partial charge on any atom is 0.326 e. The fourth-order valence-corrected chi connectivity index (χ4v) is 1.80. The van der Waals surface area contributed by atoms with Crippen molar-refractivity contribution in [1.82, 2.24) is 4.90 Å². The van der Waals surface area contributed by atoms with Gasteiger partial charge in [0.05, 0.1) is 6.61 Å². The number of likely N-dealkylation sites (tertiary alicyclic amines) is 1. The molecule has 5 heteroatoms. The second kappa shape index (κ2) is 4.63. The van der Waals surface area contributed by atoms with Crippen LogP contribution < -0.4 is 0 Å². The van der Waals surface area contributed by atoms with E-state index >= 15 is 0 Å². The molecule has 1 aliphatic rings. The van der Waals surface area contributed by atoms with Crippen molar-refractivity contribution in [2.24, 2.45) is 11.8 Å². The van der Waals surface area contributed by atoms with E-state index in [4.69, 9.17) is 4.74 Å². The number of hydrogen-bond donors (Lipinski definition) is 0. The number of hydrogen-bond acceptors (Lipinski definition) is 4. The molecule has 90 valence electrons. The lowest BCUT2D eigenvalue weighted by Crippen LogP contribution is -2.56. The predicted molar refractivity (Wildman–Crippen MR) is 56.5 cm³/mol. The molecule has 3 atom stereocenters. The van der Waals surface area contributed by atoms with Gasteiger partial charge in [-0.3, -0.25) is 14.4 Å². The molecule has 0 spiro atoms. The smallest absolute Gasteiger partial charge is 0.326 e. The van der Waals surface area contributed by atoms with E-state index in [2.05, 4.69) is 0 Å². The lowest BCUT2D eigenvalue weighted by atomic mass is 9.83. The second-order valence-electron chi connectivity index (χ2n) is 4.07. The van der Waals surface area contributed by atoms with Gasteiger partial charge in [0, 0.05) is 19.0 Å². The van der Waals surface area contributed by atoms with E-state index in [1.807, 2.05) is 0 Å². The highest BCUT2D eigenvalue weighted by Gasteiger charge is 2.47. The van der Waals surface area contributed by atoms with Crippen molar-refractivity contribution in [3.8, 4) is 0 Å². The van der Waals surface area contributed by atoms with Crippen molar-refractivity contribution in [3.05, 3.63) is 0 Å². The van der Waals surface area contributed by atoms with Crippen molar-refractivity contribution in [1.29, 1.82) is 0 Å². The summed E-state index contributed by atoms with van der Waals surface area (Å²) in [7, 11) is 1.60. The number of Topliss-reactive ketones (excluding diaryl/α,β-unsaturated/α-hetero) is 1. The minimum atomic E-state index is -1.27. The Morgan fingerprint density at radius 2 is 1.94 bits per heavy atom. The minimum Gasteiger partial charge on any atom is -0.465 e. The maximum absolute atomic E-state index is 11.9. The molecule has 0 aromatic heterocycles.